The number of hydrogen-bond acceptors (Lipinski definition) is 3. The first-order chi connectivity index (χ1) is 6.88. The second kappa shape index (κ2) is 2.95. The van der Waals surface area contributed by atoms with Crippen LogP contribution in [0.25, 0.3) is 11.3 Å². The van der Waals surface area contributed by atoms with E-state index in [1.807, 2.05) is 17.4 Å². The molecule has 1 aliphatic rings. The number of fused-ring (bicyclic) bond motifs is 3. The summed E-state index contributed by atoms with van der Waals surface area (Å²) in [5, 5.41) is 1.24. The molecule has 2 aromatic rings. The highest BCUT2D eigenvalue weighted by Gasteiger charge is 2.22. The molecule has 14 heavy (non-hydrogen) atoms. The topological polar surface area (TPSA) is 26.0 Å². The fourth-order valence-corrected chi connectivity index (χ4v) is 2.93. The third-order valence-corrected chi connectivity index (χ3v) is 3.88. The Morgan fingerprint density at radius 1 is 1.50 bits per heavy atom. The van der Waals surface area contributed by atoms with Crippen molar-refractivity contribution < 1.29 is 4.42 Å². The van der Waals surface area contributed by atoms with Crippen LogP contribution in [0, 0.1) is 0 Å². The van der Waals surface area contributed by atoms with Crippen molar-refractivity contribution in [3.63, 3.8) is 0 Å². The number of hydrogen-bond donors (Lipinski definition) is 0. The molecule has 0 saturated carbocycles. The molecule has 3 heteroatoms. The molecule has 72 valence electrons. The summed E-state index contributed by atoms with van der Waals surface area (Å²) in [5.74, 6) is 1.10. The van der Waals surface area contributed by atoms with Gasteiger partial charge in [-0.05, 0) is 18.9 Å². The first kappa shape index (κ1) is 8.24. The van der Waals surface area contributed by atoms with Gasteiger partial charge in [-0.25, -0.2) is 4.98 Å². The van der Waals surface area contributed by atoms with Gasteiger partial charge in [0.15, 0.2) is 0 Å². The van der Waals surface area contributed by atoms with E-state index in [1.54, 1.807) is 6.26 Å². The molecular weight excluding hydrogens is 194 g/mol. The van der Waals surface area contributed by atoms with Gasteiger partial charge in [0.25, 0.3) is 0 Å². The molecule has 0 N–H and O–H groups in total. The van der Waals surface area contributed by atoms with Crippen LogP contribution in [0.2, 0.25) is 0 Å². The minimum absolute atomic E-state index is 1.03. The maximum Gasteiger partial charge on any atom is 0.113 e. The number of thiazole rings is 1. The first-order valence-corrected chi connectivity index (χ1v) is 5.75. The molecule has 0 radical (unpaired) electrons. The molecule has 0 spiro atoms. The van der Waals surface area contributed by atoms with Crippen molar-refractivity contribution in [3.8, 4) is 11.3 Å². The molecule has 0 unspecified atom stereocenters. The molecule has 2 heterocycles. The van der Waals surface area contributed by atoms with Crippen molar-refractivity contribution in [2.45, 2.75) is 26.2 Å². The van der Waals surface area contributed by atoms with Gasteiger partial charge in [0, 0.05) is 16.9 Å². The Morgan fingerprint density at radius 3 is 3.29 bits per heavy atom. The standard InChI is InChI=1S/C11H11NOS/c1-2-10-12-11-7-5-6-13-8(7)3-4-9(11)14-10/h5-6H,2-4H2,1H3. The van der Waals surface area contributed by atoms with Gasteiger partial charge < -0.3 is 4.42 Å². The van der Waals surface area contributed by atoms with Crippen LogP contribution in [-0.4, -0.2) is 4.98 Å². The second-order valence-electron chi connectivity index (χ2n) is 3.49. The van der Waals surface area contributed by atoms with E-state index in [9.17, 15) is 0 Å². The lowest BCUT2D eigenvalue weighted by Crippen LogP contribution is -1.98. The van der Waals surface area contributed by atoms with E-state index >= 15 is 0 Å². The monoisotopic (exact) mass is 205 g/mol. The Labute approximate surface area is 86.6 Å². The second-order valence-corrected chi connectivity index (χ2v) is 4.66. The van der Waals surface area contributed by atoms with Gasteiger partial charge in [-0.2, -0.15) is 0 Å². The Balaban J connectivity index is 2.20. The number of aromatic nitrogens is 1. The lowest BCUT2D eigenvalue weighted by atomic mass is 10.0. The van der Waals surface area contributed by atoms with Crippen LogP contribution in [0.1, 0.15) is 22.6 Å². The number of nitrogens with zero attached hydrogens (tertiary/aromatic N) is 1. The summed E-state index contributed by atoms with van der Waals surface area (Å²) in [5.41, 5.74) is 2.38. The zero-order valence-corrected chi connectivity index (χ0v) is 8.86. The third-order valence-electron chi connectivity index (χ3n) is 2.62. The molecule has 0 aliphatic heterocycles. The minimum Gasteiger partial charge on any atom is -0.469 e. The Bertz CT molecular complexity index is 469. The van der Waals surface area contributed by atoms with Crippen LogP contribution in [0.15, 0.2) is 16.7 Å². The maximum atomic E-state index is 5.42. The SMILES string of the molecule is CCc1nc2c(s1)CCc1occc1-2. The minimum atomic E-state index is 1.03. The van der Waals surface area contributed by atoms with Crippen LogP contribution in [0.5, 0.6) is 0 Å². The highest BCUT2D eigenvalue weighted by molar-refractivity contribution is 7.12. The summed E-state index contributed by atoms with van der Waals surface area (Å²) < 4.78 is 5.42. The van der Waals surface area contributed by atoms with Gasteiger partial charge in [-0.15, -0.1) is 11.3 Å². The van der Waals surface area contributed by atoms with Crippen LogP contribution in [-0.2, 0) is 19.3 Å². The molecule has 2 nitrogen and oxygen atoms in total. The van der Waals surface area contributed by atoms with Gasteiger partial charge >= 0.3 is 0 Å². The predicted molar refractivity (Wildman–Crippen MR) is 56.6 cm³/mol. The zero-order valence-electron chi connectivity index (χ0n) is 8.04. The van der Waals surface area contributed by atoms with Gasteiger partial charge in [0.05, 0.1) is 17.0 Å². The third kappa shape index (κ3) is 1.05. The number of rotatable bonds is 1. The molecule has 0 amide bonds. The van der Waals surface area contributed by atoms with Crippen LogP contribution >= 0.6 is 11.3 Å². The molecule has 0 atom stereocenters. The molecule has 0 bridgehead atoms. The molecule has 2 aromatic heterocycles. The summed E-state index contributed by atoms with van der Waals surface area (Å²) in [4.78, 5) is 6.07. The predicted octanol–water partition coefficient (Wildman–Crippen LogP) is 3.06. The molecule has 3 rings (SSSR count). The summed E-state index contributed by atoms with van der Waals surface area (Å²) in [6.07, 6.45) is 4.92. The first-order valence-electron chi connectivity index (χ1n) is 4.94. The van der Waals surface area contributed by atoms with Crippen molar-refractivity contribution in [1.29, 1.82) is 0 Å². The van der Waals surface area contributed by atoms with Crippen LogP contribution < -0.4 is 0 Å². The van der Waals surface area contributed by atoms with E-state index in [0.717, 1.165) is 25.0 Å². The maximum absolute atomic E-state index is 5.42. The van der Waals surface area contributed by atoms with E-state index in [1.165, 1.54) is 21.1 Å². The fraction of sp³-hybridized carbons (Fsp3) is 0.364. The quantitative estimate of drug-likeness (QED) is 0.715. The van der Waals surface area contributed by atoms with Crippen molar-refractivity contribution in [3.05, 3.63) is 28.0 Å². The van der Waals surface area contributed by atoms with Crippen LogP contribution in [0.4, 0.5) is 0 Å². The summed E-state index contributed by atoms with van der Waals surface area (Å²) >= 11 is 1.85. The van der Waals surface area contributed by atoms with E-state index in [-0.39, 0.29) is 0 Å². The van der Waals surface area contributed by atoms with Gasteiger partial charge in [-0.3, -0.25) is 0 Å². The molecule has 0 saturated heterocycles. The molecule has 1 aliphatic carbocycles. The van der Waals surface area contributed by atoms with E-state index in [2.05, 4.69) is 11.9 Å². The average Bonchev–Trinajstić information content (AvgIpc) is 2.82. The molecular formula is C11H11NOS. The van der Waals surface area contributed by atoms with Crippen molar-refractivity contribution >= 4 is 11.3 Å². The van der Waals surface area contributed by atoms with Gasteiger partial charge in [-0.1, -0.05) is 6.92 Å². The van der Waals surface area contributed by atoms with Gasteiger partial charge in [0.1, 0.15) is 5.76 Å². The van der Waals surface area contributed by atoms with E-state index < -0.39 is 0 Å². The summed E-state index contributed by atoms with van der Waals surface area (Å²) in [7, 11) is 0. The van der Waals surface area contributed by atoms with Gasteiger partial charge in [0.2, 0.25) is 0 Å². The van der Waals surface area contributed by atoms with Crippen molar-refractivity contribution in [2.24, 2.45) is 0 Å². The Hall–Kier alpha value is -1.09. The summed E-state index contributed by atoms with van der Waals surface area (Å²) in [6, 6.07) is 2.03. The smallest absolute Gasteiger partial charge is 0.113 e. The van der Waals surface area contributed by atoms with Crippen molar-refractivity contribution in [2.75, 3.05) is 0 Å². The Kier molecular flexibility index (Phi) is 1.74. The van der Waals surface area contributed by atoms with E-state index in [0.29, 0.717) is 0 Å². The Morgan fingerprint density at radius 2 is 2.43 bits per heavy atom. The average molecular weight is 205 g/mol. The lowest BCUT2D eigenvalue weighted by Gasteiger charge is -2.07. The number of aryl methyl sites for hydroxylation is 3. The summed E-state index contributed by atoms with van der Waals surface area (Å²) in [6.45, 7) is 2.15. The van der Waals surface area contributed by atoms with E-state index in [4.69, 9.17) is 4.42 Å². The number of furan rings is 1. The normalized spacial score (nSPS) is 13.8. The molecule has 0 fully saturated rings. The van der Waals surface area contributed by atoms with Crippen molar-refractivity contribution in [1.82, 2.24) is 4.98 Å². The lowest BCUT2D eigenvalue weighted by molar-refractivity contribution is 0.508. The largest absolute Gasteiger partial charge is 0.469 e. The fourth-order valence-electron chi connectivity index (χ4n) is 1.90. The highest BCUT2D eigenvalue weighted by atomic mass is 32.1. The highest BCUT2D eigenvalue weighted by Crippen LogP contribution is 2.36. The molecule has 0 aromatic carbocycles. The zero-order chi connectivity index (χ0) is 9.54. The van der Waals surface area contributed by atoms with Crippen LogP contribution in [0.3, 0.4) is 0 Å².